The Morgan fingerprint density at radius 3 is 2.40 bits per heavy atom. The molecule has 0 spiro atoms. The van der Waals surface area contributed by atoms with Gasteiger partial charge in [-0.2, -0.15) is 0 Å². The van der Waals surface area contributed by atoms with Gasteiger partial charge in [0.1, 0.15) is 0 Å². The number of nitro benzene ring substituents is 1. The molecule has 104 valence electrons. The minimum atomic E-state index is -0.373. The number of hydrogen-bond acceptors (Lipinski definition) is 4. The molecule has 2 atom stereocenters. The first-order valence-corrected chi connectivity index (χ1v) is 6.48. The molecule has 0 aliphatic rings. The van der Waals surface area contributed by atoms with Gasteiger partial charge >= 0.3 is 0 Å². The lowest BCUT2D eigenvalue weighted by molar-refractivity contribution is -0.384. The molecular weight excluding hydrogens is 254 g/mol. The zero-order chi connectivity index (χ0) is 14.5. The molecule has 1 aromatic carbocycles. The van der Waals surface area contributed by atoms with Crippen LogP contribution < -0.4 is 5.32 Å². The Hall–Kier alpha value is -2.27. The minimum Gasteiger partial charge on any atom is -0.304 e. The molecule has 5 nitrogen and oxygen atoms in total. The van der Waals surface area contributed by atoms with Crippen LogP contribution in [0.1, 0.15) is 37.1 Å². The van der Waals surface area contributed by atoms with Gasteiger partial charge in [-0.1, -0.05) is 12.1 Å². The monoisotopic (exact) mass is 271 g/mol. The van der Waals surface area contributed by atoms with E-state index in [-0.39, 0.29) is 22.7 Å². The van der Waals surface area contributed by atoms with Crippen molar-refractivity contribution >= 4 is 5.69 Å². The molecule has 0 bridgehead atoms. The quantitative estimate of drug-likeness (QED) is 0.668. The van der Waals surface area contributed by atoms with Gasteiger partial charge in [0.15, 0.2) is 0 Å². The summed E-state index contributed by atoms with van der Waals surface area (Å²) >= 11 is 0. The third-order valence-corrected chi connectivity index (χ3v) is 3.29. The highest BCUT2D eigenvalue weighted by Crippen LogP contribution is 2.22. The first kappa shape index (κ1) is 14.1. The van der Waals surface area contributed by atoms with Crippen molar-refractivity contribution < 1.29 is 4.92 Å². The lowest BCUT2D eigenvalue weighted by atomic mass is 10.0. The van der Waals surface area contributed by atoms with Crippen LogP contribution in [0.25, 0.3) is 0 Å². The molecule has 1 heterocycles. The Bertz CT molecular complexity index is 587. The molecule has 0 fully saturated rings. The van der Waals surface area contributed by atoms with Crippen molar-refractivity contribution in [1.82, 2.24) is 10.3 Å². The normalized spacial score (nSPS) is 13.7. The number of rotatable bonds is 5. The molecule has 1 aromatic heterocycles. The van der Waals surface area contributed by atoms with Crippen LogP contribution in [0.4, 0.5) is 5.69 Å². The summed E-state index contributed by atoms with van der Waals surface area (Å²) in [7, 11) is 0. The molecule has 1 N–H and O–H groups in total. The number of benzene rings is 1. The van der Waals surface area contributed by atoms with Crippen LogP contribution in [0.2, 0.25) is 0 Å². The second kappa shape index (κ2) is 6.25. The molecule has 0 aliphatic heterocycles. The Morgan fingerprint density at radius 1 is 1.10 bits per heavy atom. The van der Waals surface area contributed by atoms with Gasteiger partial charge in [0.25, 0.3) is 5.69 Å². The van der Waals surface area contributed by atoms with Crippen LogP contribution in [-0.2, 0) is 0 Å². The highest BCUT2D eigenvalue weighted by atomic mass is 16.6. The second-order valence-electron chi connectivity index (χ2n) is 4.74. The molecule has 0 amide bonds. The lowest BCUT2D eigenvalue weighted by Crippen LogP contribution is -2.22. The van der Waals surface area contributed by atoms with E-state index in [0.29, 0.717) is 0 Å². The van der Waals surface area contributed by atoms with Gasteiger partial charge in [-0.25, -0.2) is 0 Å². The third kappa shape index (κ3) is 3.39. The third-order valence-electron chi connectivity index (χ3n) is 3.29. The van der Waals surface area contributed by atoms with E-state index in [4.69, 9.17) is 0 Å². The topological polar surface area (TPSA) is 68.1 Å². The van der Waals surface area contributed by atoms with E-state index in [1.807, 2.05) is 25.1 Å². The molecule has 0 aliphatic carbocycles. The molecule has 5 heteroatoms. The van der Waals surface area contributed by atoms with E-state index < -0.39 is 0 Å². The van der Waals surface area contributed by atoms with Crippen LogP contribution in [0.5, 0.6) is 0 Å². The maximum absolute atomic E-state index is 10.8. The lowest BCUT2D eigenvalue weighted by Gasteiger charge is -2.20. The number of nitro groups is 1. The van der Waals surface area contributed by atoms with Gasteiger partial charge in [-0.15, -0.1) is 0 Å². The summed E-state index contributed by atoms with van der Waals surface area (Å²) in [6.45, 7) is 4.06. The molecule has 2 aromatic rings. The van der Waals surface area contributed by atoms with Crippen molar-refractivity contribution in [2.75, 3.05) is 0 Å². The number of nitrogens with zero attached hydrogens (tertiary/aromatic N) is 2. The predicted molar refractivity (Wildman–Crippen MR) is 77.3 cm³/mol. The van der Waals surface area contributed by atoms with Gasteiger partial charge in [-0.3, -0.25) is 15.1 Å². The standard InChI is InChI=1S/C15H17N3O2/c1-11(13-6-8-16-9-7-13)17-12(2)14-4-3-5-15(10-14)18(19)20/h3-12,17H,1-2H3/t11-,12?/m0/s1. The van der Waals surface area contributed by atoms with Crippen molar-refractivity contribution in [3.63, 3.8) is 0 Å². The number of hydrogen-bond donors (Lipinski definition) is 1. The van der Waals surface area contributed by atoms with E-state index in [9.17, 15) is 10.1 Å². The van der Waals surface area contributed by atoms with Crippen LogP contribution in [0.3, 0.4) is 0 Å². The summed E-state index contributed by atoms with van der Waals surface area (Å²) in [5.41, 5.74) is 2.16. The van der Waals surface area contributed by atoms with Gasteiger partial charge in [0.2, 0.25) is 0 Å². The zero-order valence-corrected chi connectivity index (χ0v) is 11.5. The average Bonchev–Trinajstić information content (AvgIpc) is 2.48. The summed E-state index contributed by atoms with van der Waals surface area (Å²) in [6, 6.07) is 10.8. The summed E-state index contributed by atoms with van der Waals surface area (Å²) in [5, 5.41) is 14.2. The molecule has 0 saturated heterocycles. The van der Waals surface area contributed by atoms with Crippen molar-refractivity contribution in [3.8, 4) is 0 Å². The Morgan fingerprint density at radius 2 is 1.75 bits per heavy atom. The molecule has 1 unspecified atom stereocenters. The van der Waals surface area contributed by atoms with Crippen LogP contribution in [0.15, 0.2) is 48.8 Å². The maximum Gasteiger partial charge on any atom is 0.269 e. The Balaban J connectivity index is 2.10. The van der Waals surface area contributed by atoms with E-state index >= 15 is 0 Å². The Labute approximate surface area is 117 Å². The highest BCUT2D eigenvalue weighted by molar-refractivity contribution is 5.35. The van der Waals surface area contributed by atoms with Crippen molar-refractivity contribution in [3.05, 3.63) is 70.0 Å². The summed E-state index contributed by atoms with van der Waals surface area (Å²) in [4.78, 5) is 14.4. The minimum absolute atomic E-state index is 0.0260. The van der Waals surface area contributed by atoms with E-state index in [2.05, 4.69) is 17.2 Å². The van der Waals surface area contributed by atoms with Crippen molar-refractivity contribution in [2.24, 2.45) is 0 Å². The summed E-state index contributed by atoms with van der Waals surface area (Å²) < 4.78 is 0. The largest absolute Gasteiger partial charge is 0.304 e. The summed E-state index contributed by atoms with van der Waals surface area (Å²) in [6.07, 6.45) is 3.51. The van der Waals surface area contributed by atoms with Gasteiger partial charge < -0.3 is 5.32 Å². The SMILES string of the molecule is CC(N[C@@H](C)c1ccncc1)c1cccc([N+](=O)[O-])c1. The van der Waals surface area contributed by atoms with Crippen molar-refractivity contribution in [1.29, 1.82) is 0 Å². The highest BCUT2D eigenvalue weighted by Gasteiger charge is 2.13. The van der Waals surface area contributed by atoms with E-state index in [0.717, 1.165) is 11.1 Å². The van der Waals surface area contributed by atoms with Gasteiger partial charge in [0, 0.05) is 36.6 Å². The molecule has 2 rings (SSSR count). The van der Waals surface area contributed by atoms with Gasteiger partial charge in [0.05, 0.1) is 4.92 Å². The van der Waals surface area contributed by atoms with Crippen LogP contribution >= 0.6 is 0 Å². The van der Waals surface area contributed by atoms with Gasteiger partial charge in [-0.05, 0) is 37.1 Å². The Kier molecular flexibility index (Phi) is 4.42. The van der Waals surface area contributed by atoms with Crippen LogP contribution in [-0.4, -0.2) is 9.91 Å². The molecular formula is C15H17N3O2. The van der Waals surface area contributed by atoms with E-state index in [1.165, 1.54) is 6.07 Å². The smallest absolute Gasteiger partial charge is 0.269 e. The number of aromatic nitrogens is 1. The number of nitrogens with one attached hydrogen (secondary N) is 1. The molecule has 0 radical (unpaired) electrons. The zero-order valence-electron chi connectivity index (χ0n) is 11.5. The predicted octanol–water partition coefficient (Wildman–Crippen LogP) is 3.40. The molecule has 20 heavy (non-hydrogen) atoms. The fourth-order valence-electron chi connectivity index (χ4n) is 2.13. The second-order valence-corrected chi connectivity index (χ2v) is 4.74. The van der Waals surface area contributed by atoms with Crippen LogP contribution in [0, 0.1) is 10.1 Å². The average molecular weight is 271 g/mol. The number of pyridine rings is 1. The molecule has 0 saturated carbocycles. The van der Waals surface area contributed by atoms with E-state index in [1.54, 1.807) is 24.5 Å². The first-order chi connectivity index (χ1) is 9.58. The van der Waals surface area contributed by atoms with Crippen molar-refractivity contribution in [2.45, 2.75) is 25.9 Å². The maximum atomic E-state index is 10.8. The number of non-ortho nitro benzene ring substituents is 1. The fourth-order valence-corrected chi connectivity index (χ4v) is 2.13. The fraction of sp³-hybridized carbons (Fsp3) is 0.267. The first-order valence-electron chi connectivity index (χ1n) is 6.48. The summed E-state index contributed by atoms with van der Waals surface area (Å²) in [5.74, 6) is 0.